The number of methoxy groups -OCH3 is 2. The molecule has 1 heterocycles. The fourth-order valence-corrected chi connectivity index (χ4v) is 3.13. The Morgan fingerprint density at radius 1 is 1.07 bits per heavy atom. The third kappa shape index (κ3) is 4.78. The van der Waals surface area contributed by atoms with Gasteiger partial charge in [0.15, 0.2) is 11.6 Å². The number of carbonyl (C=O) groups is 1. The largest absolute Gasteiger partial charge is 0.496 e. The second-order valence-electron chi connectivity index (χ2n) is 6.64. The number of aryl methyl sites for hydroxylation is 1. The summed E-state index contributed by atoms with van der Waals surface area (Å²) in [4.78, 5) is 21.5. The average molecular weight is 402 g/mol. The summed E-state index contributed by atoms with van der Waals surface area (Å²) in [5, 5.41) is 3.08. The maximum absolute atomic E-state index is 12.0. The highest BCUT2D eigenvalue weighted by Crippen LogP contribution is 2.38. The number of ether oxygens (including phenoxy) is 3. The van der Waals surface area contributed by atoms with E-state index in [2.05, 4.69) is 19.2 Å². The number of hydrogen-bond donors (Lipinski definition) is 1. The molecule has 1 N–H and O–H groups in total. The van der Waals surface area contributed by atoms with Crippen LogP contribution in [0, 0.1) is 0 Å². The predicted octanol–water partition coefficient (Wildman–Crippen LogP) is 4.53. The summed E-state index contributed by atoms with van der Waals surface area (Å²) >= 11 is 0. The van der Waals surface area contributed by atoms with E-state index >= 15 is 0 Å². The first-order valence-corrected chi connectivity index (χ1v) is 9.96. The van der Waals surface area contributed by atoms with Crippen LogP contribution in [0.4, 0.5) is 5.82 Å². The first-order valence-electron chi connectivity index (χ1n) is 9.96. The van der Waals surface area contributed by atoms with Crippen LogP contribution in [0.3, 0.4) is 0 Å². The van der Waals surface area contributed by atoms with Crippen molar-refractivity contribution in [3.05, 3.63) is 23.4 Å². The van der Waals surface area contributed by atoms with Gasteiger partial charge in [0.25, 0.3) is 5.88 Å². The van der Waals surface area contributed by atoms with Gasteiger partial charge in [-0.05, 0) is 38.3 Å². The van der Waals surface area contributed by atoms with Gasteiger partial charge in [-0.3, -0.25) is 4.79 Å². The van der Waals surface area contributed by atoms with E-state index in [4.69, 9.17) is 24.2 Å². The van der Waals surface area contributed by atoms with Gasteiger partial charge in [0.1, 0.15) is 17.6 Å². The molecule has 0 unspecified atom stereocenters. The Balaban J connectivity index is 2.69. The van der Waals surface area contributed by atoms with Crippen molar-refractivity contribution >= 4 is 11.6 Å². The number of ketones is 1. The van der Waals surface area contributed by atoms with Crippen molar-refractivity contribution < 1.29 is 19.0 Å². The lowest BCUT2D eigenvalue weighted by Gasteiger charge is -2.20. The molecule has 0 saturated carbocycles. The molecule has 29 heavy (non-hydrogen) atoms. The van der Waals surface area contributed by atoms with E-state index in [1.807, 2.05) is 6.92 Å². The number of benzene rings is 1. The zero-order valence-corrected chi connectivity index (χ0v) is 18.4. The standard InChI is InChI=1S/C22H31N3O4/c1-8-14(9-2)29-22-21(23-5)25-20(17(10-3)24-22)16-12-18(27-6)15(13(4)26)11-19(16)28-7/h11-12,14H,8-10H2,1-7H3,(H,23,25). The lowest BCUT2D eigenvalue weighted by molar-refractivity contribution is 0.101. The van der Waals surface area contributed by atoms with Gasteiger partial charge in [0.2, 0.25) is 0 Å². The molecule has 2 aromatic rings. The number of nitrogens with one attached hydrogen (secondary N) is 1. The minimum absolute atomic E-state index is 0.0800. The summed E-state index contributed by atoms with van der Waals surface area (Å²) in [6.07, 6.45) is 2.52. The van der Waals surface area contributed by atoms with Gasteiger partial charge < -0.3 is 19.5 Å². The van der Waals surface area contributed by atoms with Crippen LogP contribution in [0.25, 0.3) is 11.3 Å². The molecule has 0 bridgehead atoms. The third-order valence-corrected chi connectivity index (χ3v) is 4.85. The molecule has 0 fully saturated rings. The van der Waals surface area contributed by atoms with E-state index in [-0.39, 0.29) is 11.9 Å². The summed E-state index contributed by atoms with van der Waals surface area (Å²) in [5.41, 5.74) is 2.62. The normalized spacial score (nSPS) is 10.8. The van der Waals surface area contributed by atoms with Gasteiger partial charge in [-0.25, -0.2) is 9.97 Å². The van der Waals surface area contributed by atoms with Crippen LogP contribution in [-0.4, -0.2) is 43.1 Å². The first kappa shape index (κ1) is 22.5. The summed E-state index contributed by atoms with van der Waals surface area (Å²) in [6.45, 7) is 7.69. The van der Waals surface area contributed by atoms with Crippen LogP contribution >= 0.6 is 0 Å². The molecule has 0 aliphatic heterocycles. The van der Waals surface area contributed by atoms with Gasteiger partial charge in [0.05, 0.1) is 31.2 Å². The molecule has 1 aromatic heterocycles. The highest BCUT2D eigenvalue weighted by atomic mass is 16.5. The van der Waals surface area contributed by atoms with Crippen molar-refractivity contribution in [1.82, 2.24) is 9.97 Å². The molecular weight excluding hydrogens is 370 g/mol. The topological polar surface area (TPSA) is 82.6 Å². The van der Waals surface area contributed by atoms with Gasteiger partial charge in [-0.1, -0.05) is 20.8 Å². The average Bonchev–Trinajstić information content (AvgIpc) is 2.75. The smallest absolute Gasteiger partial charge is 0.257 e. The van der Waals surface area contributed by atoms with Crippen LogP contribution < -0.4 is 19.5 Å². The molecule has 0 atom stereocenters. The Labute approximate surface area is 172 Å². The van der Waals surface area contributed by atoms with Crippen molar-refractivity contribution in [2.45, 2.75) is 53.1 Å². The number of aromatic nitrogens is 2. The van der Waals surface area contributed by atoms with Crippen LogP contribution in [-0.2, 0) is 6.42 Å². The van der Waals surface area contributed by atoms with Crippen LogP contribution in [0.1, 0.15) is 56.6 Å². The molecule has 0 radical (unpaired) electrons. The highest BCUT2D eigenvalue weighted by Gasteiger charge is 2.22. The molecule has 0 aliphatic carbocycles. The van der Waals surface area contributed by atoms with Crippen molar-refractivity contribution in [1.29, 1.82) is 0 Å². The van der Waals surface area contributed by atoms with Crippen LogP contribution in [0.5, 0.6) is 17.4 Å². The van der Waals surface area contributed by atoms with Crippen LogP contribution in [0.15, 0.2) is 12.1 Å². The number of nitrogens with zero attached hydrogens (tertiary/aromatic N) is 2. The first-order chi connectivity index (χ1) is 13.9. The van der Waals surface area contributed by atoms with Crippen molar-refractivity contribution in [2.24, 2.45) is 0 Å². The highest BCUT2D eigenvalue weighted by molar-refractivity contribution is 5.98. The van der Waals surface area contributed by atoms with E-state index in [1.165, 1.54) is 14.0 Å². The minimum Gasteiger partial charge on any atom is -0.496 e. The Morgan fingerprint density at radius 3 is 2.21 bits per heavy atom. The molecule has 2 rings (SSSR count). The van der Waals surface area contributed by atoms with E-state index in [1.54, 1.807) is 26.3 Å². The SMILES string of the molecule is CCc1nc(OC(CC)CC)c(NC)nc1-c1cc(OC)c(C(C)=O)cc1OC. The molecule has 0 amide bonds. The Kier molecular flexibility index (Phi) is 7.82. The second-order valence-corrected chi connectivity index (χ2v) is 6.64. The molecule has 0 saturated heterocycles. The van der Waals surface area contributed by atoms with Crippen molar-refractivity contribution in [3.63, 3.8) is 0 Å². The summed E-state index contributed by atoms with van der Waals surface area (Å²) in [7, 11) is 4.89. The van der Waals surface area contributed by atoms with Crippen molar-refractivity contribution in [3.8, 4) is 28.6 Å². The van der Waals surface area contributed by atoms with Crippen molar-refractivity contribution in [2.75, 3.05) is 26.6 Å². The lowest BCUT2D eigenvalue weighted by Crippen LogP contribution is -2.17. The fraction of sp³-hybridized carbons (Fsp3) is 0.500. The van der Waals surface area contributed by atoms with E-state index < -0.39 is 0 Å². The molecule has 1 aromatic carbocycles. The summed E-state index contributed by atoms with van der Waals surface area (Å²) in [5.74, 6) is 1.96. The van der Waals surface area contributed by atoms with E-state index in [0.717, 1.165) is 18.5 Å². The van der Waals surface area contributed by atoms with Gasteiger partial charge in [-0.2, -0.15) is 0 Å². The number of carbonyl (C=O) groups excluding carboxylic acids is 1. The monoisotopic (exact) mass is 401 g/mol. The predicted molar refractivity (Wildman–Crippen MR) is 114 cm³/mol. The third-order valence-electron chi connectivity index (χ3n) is 4.85. The van der Waals surface area contributed by atoms with E-state index in [9.17, 15) is 4.79 Å². The Hall–Kier alpha value is -2.83. The maximum atomic E-state index is 12.0. The van der Waals surface area contributed by atoms with Gasteiger partial charge in [-0.15, -0.1) is 0 Å². The number of Topliss-reactive ketones (excluding diaryl/α,β-unsaturated/α-hetero) is 1. The second kappa shape index (κ2) is 10.1. The quantitative estimate of drug-likeness (QED) is 0.585. The molecule has 158 valence electrons. The molecule has 7 nitrogen and oxygen atoms in total. The maximum Gasteiger partial charge on any atom is 0.257 e. The molecule has 7 heteroatoms. The fourth-order valence-electron chi connectivity index (χ4n) is 3.13. The number of anilines is 1. The van der Waals surface area contributed by atoms with Gasteiger partial charge in [0, 0.05) is 12.6 Å². The minimum atomic E-state index is -0.0988. The lowest BCUT2D eigenvalue weighted by atomic mass is 10.0. The summed E-state index contributed by atoms with van der Waals surface area (Å²) in [6, 6.07) is 3.46. The molecular formula is C22H31N3O4. The zero-order chi connectivity index (χ0) is 21.6. The molecule has 0 spiro atoms. The van der Waals surface area contributed by atoms with Crippen LogP contribution in [0.2, 0.25) is 0 Å². The van der Waals surface area contributed by atoms with E-state index in [0.29, 0.717) is 46.4 Å². The summed E-state index contributed by atoms with van der Waals surface area (Å²) < 4.78 is 17.1. The Bertz CT molecular complexity index is 864. The number of hydrogen-bond acceptors (Lipinski definition) is 7. The Morgan fingerprint density at radius 2 is 1.72 bits per heavy atom. The molecule has 0 aliphatic rings. The zero-order valence-electron chi connectivity index (χ0n) is 18.4. The van der Waals surface area contributed by atoms with Gasteiger partial charge >= 0.3 is 0 Å². The number of rotatable bonds is 10.